The third-order valence-corrected chi connectivity index (χ3v) is 6.26. The van der Waals surface area contributed by atoms with Gasteiger partial charge in [-0.25, -0.2) is 14.5 Å². The van der Waals surface area contributed by atoms with Crippen LogP contribution >= 0.6 is 0 Å². The molecule has 172 valence electrons. The van der Waals surface area contributed by atoms with Crippen molar-refractivity contribution in [2.24, 2.45) is 5.92 Å². The van der Waals surface area contributed by atoms with E-state index in [4.69, 9.17) is 5.73 Å². The van der Waals surface area contributed by atoms with Crippen molar-refractivity contribution in [1.82, 2.24) is 19.6 Å². The van der Waals surface area contributed by atoms with Crippen LogP contribution in [0.1, 0.15) is 54.5 Å². The van der Waals surface area contributed by atoms with Crippen molar-refractivity contribution in [2.45, 2.75) is 38.3 Å². The molecule has 3 heterocycles. The number of halogens is 3. The maximum absolute atomic E-state index is 13.9. The summed E-state index contributed by atoms with van der Waals surface area (Å²) < 4.78 is 42.4. The third kappa shape index (κ3) is 4.34. The summed E-state index contributed by atoms with van der Waals surface area (Å²) in [6.45, 7) is 2.25. The lowest BCUT2D eigenvalue weighted by atomic mass is 9.95. The van der Waals surface area contributed by atoms with E-state index < -0.39 is 11.9 Å². The van der Waals surface area contributed by atoms with Gasteiger partial charge in [0.05, 0.1) is 17.5 Å². The van der Waals surface area contributed by atoms with Crippen molar-refractivity contribution in [3.63, 3.8) is 0 Å². The molecule has 1 aliphatic rings. The first-order valence-electron chi connectivity index (χ1n) is 11.1. The fourth-order valence-electron chi connectivity index (χ4n) is 4.46. The summed E-state index contributed by atoms with van der Waals surface area (Å²) in [6.07, 6.45) is 1.68. The number of hydrogen-bond acceptors (Lipinski definition) is 4. The Labute approximate surface area is 194 Å². The molecule has 0 bridgehead atoms. The van der Waals surface area contributed by atoms with E-state index in [0.717, 1.165) is 23.4 Å². The smallest absolute Gasteiger partial charge is 0.384 e. The standard InChI is InChI=1S/C26H22F3N5/c1-16-2-5-20(12-16)18-7-9-19(10-8-18)22-13-23(26(27,28)29)34-25(33-22)21(15-32-34)6-3-17-4-11-24(30)31-14-17/h4,7-11,13-16,20H,2,5,12H2,1H3,(H2,30,31). The SMILES string of the molecule is CC1CCC(c2ccc(-c3cc(C(F)(F)F)n4ncc(C#Cc5ccc(N)nc5)c4n3)cc2)C1. The van der Waals surface area contributed by atoms with Crippen LogP contribution in [0.25, 0.3) is 16.9 Å². The lowest BCUT2D eigenvalue weighted by Gasteiger charge is -2.13. The molecule has 2 unspecified atom stereocenters. The van der Waals surface area contributed by atoms with Gasteiger partial charge in [0.15, 0.2) is 11.3 Å². The van der Waals surface area contributed by atoms with Crippen LogP contribution in [0.5, 0.6) is 0 Å². The van der Waals surface area contributed by atoms with Gasteiger partial charge in [-0.15, -0.1) is 0 Å². The van der Waals surface area contributed by atoms with Crippen LogP contribution in [0.2, 0.25) is 0 Å². The summed E-state index contributed by atoms with van der Waals surface area (Å²) in [7, 11) is 0. The Balaban J connectivity index is 1.56. The molecule has 2 atom stereocenters. The van der Waals surface area contributed by atoms with Crippen LogP contribution in [-0.4, -0.2) is 19.6 Å². The summed E-state index contributed by atoms with van der Waals surface area (Å²) >= 11 is 0. The molecule has 1 aliphatic carbocycles. The molecule has 1 saturated carbocycles. The number of benzene rings is 1. The minimum absolute atomic E-state index is 0.0504. The number of pyridine rings is 1. The highest BCUT2D eigenvalue weighted by Crippen LogP contribution is 2.39. The molecule has 0 spiro atoms. The van der Waals surface area contributed by atoms with Gasteiger partial charge in [-0.05, 0) is 48.4 Å². The molecular formula is C26H22F3N5. The quantitative estimate of drug-likeness (QED) is 0.389. The van der Waals surface area contributed by atoms with Crippen molar-refractivity contribution in [1.29, 1.82) is 0 Å². The monoisotopic (exact) mass is 461 g/mol. The Morgan fingerprint density at radius 1 is 1.03 bits per heavy atom. The van der Waals surface area contributed by atoms with Crippen LogP contribution in [0.3, 0.4) is 0 Å². The maximum atomic E-state index is 13.9. The zero-order valence-corrected chi connectivity index (χ0v) is 18.5. The lowest BCUT2D eigenvalue weighted by molar-refractivity contribution is -0.142. The summed E-state index contributed by atoms with van der Waals surface area (Å²) in [5.41, 5.74) is 7.67. The normalized spacial score (nSPS) is 18.1. The number of hydrogen-bond donors (Lipinski definition) is 1. The van der Waals surface area contributed by atoms with Gasteiger partial charge < -0.3 is 5.73 Å². The number of rotatable bonds is 2. The second-order valence-corrected chi connectivity index (χ2v) is 8.78. The first kappa shape index (κ1) is 22.0. The van der Waals surface area contributed by atoms with Crippen molar-refractivity contribution < 1.29 is 13.2 Å². The third-order valence-electron chi connectivity index (χ3n) is 6.26. The molecule has 5 rings (SSSR count). The molecule has 0 radical (unpaired) electrons. The van der Waals surface area contributed by atoms with E-state index in [1.54, 1.807) is 12.1 Å². The van der Waals surface area contributed by atoms with E-state index in [1.165, 1.54) is 24.4 Å². The highest BCUT2D eigenvalue weighted by atomic mass is 19.4. The van der Waals surface area contributed by atoms with Crippen molar-refractivity contribution in [3.05, 3.63) is 77.2 Å². The molecule has 3 aromatic heterocycles. The van der Waals surface area contributed by atoms with Crippen LogP contribution in [0.15, 0.2) is 54.9 Å². The average Bonchev–Trinajstić information content (AvgIpc) is 3.43. The summed E-state index contributed by atoms with van der Waals surface area (Å²) in [5.74, 6) is 7.31. The Kier molecular flexibility index (Phi) is 5.48. The fourth-order valence-corrected chi connectivity index (χ4v) is 4.46. The minimum Gasteiger partial charge on any atom is -0.384 e. The largest absolute Gasteiger partial charge is 0.433 e. The van der Waals surface area contributed by atoms with Crippen LogP contribution in [0.4, 0.5) is 19.0 Å². The number of aromatic nitrogens is 4. The first-order valence-corrected chi connectivity index (χ1v) is 11.1. The Bertz CT molecular complexity index is 1390. The predicted octanol–water partition coefficient (Wildman–Crippen LogP) is 5.70. The zero-order chi connectivity index (χ0) is 23.9. The second kappa shape index (κ2) is 8.49. The van der Waals surface area contributed by atoms with E-state index in [1.807, 2.05) is 24.3 Å². The fraction of sp³-hybridized carbons (Fsp3) is 0.269. The molecule has 0 aliphatic heterocycles. The van der Waals surface area contributed by atoms with E-state index >= 15 is 0 Å². The van der Waals surface area contributed by atoms with Crippen LogP contribution in [-0.2, 0) is 6.18 Å². The maximum Gasteiger partial charge on any atom is 0.433 e. The van der Waals surface area contributed by atoms with Gasteiger partial charge in [-0.1, -0.05) is 49.5 Å². The van der Waals surface area contributed by atoms with E-state index in [2.05, 4.69) is 33.8 Å². The van der Waals surface area contributed by atoms with Gasteiger partial charge in [0.25, 0.3) is 0 Å². The number of anilines is 1. The van der Waals surface area contributed by atoms with Crippen molar-refractivity contribution in [3.8, 4) is 23.1 Å². The number of nitrogens with zero attached hydrogens (tertiary/aromatic N) is 4. The predicted molar refractivity (Wildman–Crippen MR) is 124 cm³/mol. The first-order chi connectivity index (χ1) is 16.3. The highest BCUT2D eigenvalue weighted by molar-refractivity contribution is 5.67. The molecule has 34 heavy (non-hydrogen) atoms. The van der Waals surface area contributed by atoms with Crippen LogP contribution < -0.4 is 5.73 Å². The molecule has 2 N–H and O–H groups in total. The van der Waals surface area contributed by atoms with Gasteiger partial charge in [-0.2, -0.15) is 18.3 Å². The van der Waals surface area contributed by atoms with Gasteiger partial charge >= 0.3 is 6.18 Å². The second-order valence-electron chi connectivity index (χ2n) is 8.78. The number of fused-ring (bicyclic) bond motifs is 1. The zero-order valence-electron chi connectivity index (χ0n) is 18.5. The van der Waals surface area contributed by atoms with E-state index in [9.17, 15) is 13.2 Å². The highest BCUT2D eigenvalue weighted by Gasteiger charge is 2.35. The lowest BCUT2D eigenvalue weighted by Crippen LogP contribution is -2.13. The number of alkyl halides is 3. The summed E-state index contributed by atoms with van der Waals surface area (Å²) in [6, 6.07) is 12.0. The minimum atomic E-state index is -4.60. The van der Waals surface area contributed by atoms with E-state index in [0.29, 0.717) is 34.3 Å². The summed E-state index contributed by atoms with van der Waals surface area (Å²) in [4.78, 5) is 8.48. The molecule has 1 fully saturated rings. The van der Waals surface area contributed by atoms with Gasteiger partial charge in [0.1, 0.15) is 5.82 Å². The average molecular weight is 461 g/mol. The van der Waals surface area contributed by atoms with Gasteiger partial charge in [0.2, 0.25) is 0 Å². The molecule has 0 amide bonds. The Morgan fingerprint density at radius 2 is 1.82 bits per heavy atom. The van der Waals surface area contributed by atoms with Gasteiger partial charge in [0, 0.05) is 17.3 Å². The molecule has 0 saturated heterocycles. The van der Waals surface area contributed by atoms with Crippen molar-refractivity contribution >= 4 is 11.5 Å². The van der Waals surface area contributed by atoms with Crippen molar-refractivity contribution in [2.75, 3.05) is 5.73 Å². The van der Waals surface area contributed by atoms with E-state index in [-0.39, 0.29) is 11.3 Å². The Hall–Kier alpha value is -3.86. The number of nitrogens with two attached hydrogens (primary N) is 1. The van der Waals surface area contributed by atoms with Crippen LogP contribution in [0, 0.1) is 17.8 Å². The molecule has 1 aromatic carbocycles. The Morgan fingerprint density at radius 3 is 2.47 bits per heavy atom. The number of nitrogen functional groups attached to an aromatic ring is 1. The molecule has 5 nitrogen and oxygen atoms in total. The molecule has 8 heteroatoms. The molecule has 4 aromatic rings. The summed E-state index contributed by atoms with van der Waals surface area (Å²) in [5, 5.41) is 3.92. The van der Waals surface area contributed by atoms with Gasteiger partial charge in [-0.3, -0.25) is 0 Å². The molecular weight excluding hydrogens is 439 g/mol. The topological polar surface area (TPSA) is 69.1 Å².